The molecule has 0 bridgehead atoms. The topological polar surface area (TPSA) is 95.5 Å². The highest BCUT2D eigenvalue weighted by Gasteiger charge is 2.62. The highest BCUT2D eigenvalue weighted by molar-refractivity contribution is 5.85. The van der Waals surface area contributed by atoms with Crippen molar-refractivity contribution in [1.29, 1.82) is 0 Å². The Kier molecular flexibility index (Phi) is 5.81. The van der Waals surface area contributed by atoms with Gasteiger partial charge in [0.05, 0.1) is 11.5 Å². The van der Waals surface area contributed by atoms with Crippen molar-refractivity contribution in [2.24, 2.45) is 5.73 Å². The molecule has 9 heteroatoms. The molecular formula is C16H21ClF2N2O4. The molecule has 1 aliphatic carbocycles. The lowest BCUT2D eigenvalue weighted by molar-refractivity contribution is -0.385. The summed E-state index contributed by atoms with van der Waals surface area (Å²) in [4.78, 5) is 22.1. The first-order valence-corrected chi connectivity index (χ1v) is 7.60. The average molecular weight is 379 g/mol. The van der Waals surface area contributed by atoms with Crippen LogP contribution >= 0.6 is 12.4 Å². The van der Waals surface area contributed by atoms with E-state index in [0.29, 0.717) is 12.0 Å². The Balaban J connectivity index is 0.00000312. The maximum Gasteiger partial charge on any atom is 0.379 e. The van der Waals surface area contributed by atoms with Crippen LogP contribution in [0, 0.1) is 10.1 Å². The van der Waals surface area contributed by atoms with Crippen molar-refractivity contribution in [2.45, 2.75) is 50.5 Å². The minimum Gasteiger partial charge on any atom is -0.461 e. The van der Waals surface area contributed by atoms with Crippen LogP contribution in [0.25, 0.3) is 0 Å². The van der Waals surface area contributed by atoms with E-state index in [9.17, 15) is 23.7 Å². The van der Waals surface area contributed by atoms with Gasteiger partial charge in [-0.25, -0.2) is 4.79 Å². The number of nitrogens with two attached hydrogens (primary N) is 1. The number of nitro groups is 1. The molecule has 25 heavy (non-hydrogen) atoms. The number of fused-ring (bicyclic) bond motifs is 1. The number of benzene rings is 1. The van der Waals surface area contributed by atoms with Crippen molar-refractivity contribution < 1.29 is 23.2 Å². The van der Waals surface area contributed by atoms with E-state index in [-0.39, 0.29) is 36.7 Å². The number of nitro benzene ring substituents is 1. The number of alkyl halides is 2. The fraction of sp³-hybridized carbons (Fsp3) is 0.562. The zero-order valence-corrected chi connectivity index (χ0v) is 15.0. The fourth-order valence-corrected chi connectivity index (χ4v) is 3.11. The molecule has 0 radical (unpaired) electrons. The van der Waals surface area contributed by atoms with Crippen molar-refractivity contribution >= 4 is 24.1 Å². The van der Waals surface area contributed by atoms with Gasteiger partial charge in [0.2, 0.25) is 0 Å². The Morgan fingerprint density at radius 3 is 2.48 bits per heavy atom. The van der Waals surface area contributed by atoms with Gasteiger partial charge in [-0.2, -0.15) is 8.78 Å². The third kappa shape index (κ3) is 3.32. The number of hydrogen-bond donors (Lipinski definition) is 1. The van der Waals surface area contributed by atoms with E-state index < -0.39 is 27.8 Å². The molecule has 0 saturated carbocycles. The average Bonchev–Trinajstić information content (AvgIpc) is 2.51. The molecule has 0 aromatic heterocycles. The predicted octanol–water partition coefficient (Wildman–Crippen LogP) is 3.44. The largest absolute Gasteiger partial charge is 0.461 e. The summed E-state index contributed by atoms with van der Waals surface area (Å²) < 4.78 is 34.0. The van der Waals surface area contributed by atoms with Gasteiger partial charge in [-0.05, 0) is 36.3 Å². The fourth-order valence-electron chi connectivity index (χ4n) is 3.11. The second kappa shape index (κ2) is 6.84. The van der Waals surface area contributed by atoms with E-state index in [1.165, 1.54) is 19.1 Å². The van der Waals surface area contributed by atoms with Crippen molar-refractivity contribution in [3.63, 3.8) is 0 Å². The van der Waals surface area contributed by atoms with Gasteiger partial charge in [0, 0.05) is 12.1 Å². The zero-order valence-electron chi connectivity index (χ0n) is 14.2. The van der Waals surface area contributed by atoms with Crippen LogP contribution in [0.3, 0.4) is 0 Å². The van der Waals surface area contributed by atoms with Gasteiger partial charge in [0.25, 0.3) is 5.69 Å². The van der Waals surface area contributed by atoms with Gasteiger partial charge in [0.15, 0.2) is 0 Å². The summed E-state index contributed by atoms with van der Waals surface area (Å²) >= 11 is 0. The molecule has 2 N–H and O–H groups in total. The molecule has 0 amide bonds. The Hall–Kier alpha value is -1.80. The summed E-state index contributed by atoms with van der Waals surface area (Å²) in [6.45, 7) is 4.90. The van der Waals surface area contributed by atoms with Gasteiger partial charge in [-0.1, -0.05) is 19.9 Å². The maximum atomic E-state index is 14.8. The van der Waals surface area contributed by atoms with Crippen molar-refractivity contribution in [3.05, 3.63) is 39.4 Å². The number of halogens is 3. The molecule has 1 aromatic carbocycles. The second-order valence-electron chi connectivity index (χ2n) is 6.64. The predicted molar refractivity (Wildman–Crippen MR) is 90.0 cm³/mol. The quantitative estimate of drug-likeness (QED) is 0.492. The number of esters is 1. The normalized spacial score (nSPS) is 21.7. The SMILES string of the molecule is CCOC(=O)C(F)(F)[C@@]1(N)CCC(C)(C)c2ccc([N+](=O)[O-])cc21.Cl. The lowest BCUT2D eigenvalue weighted by Gasteiger charge is -2.45. The summed E-state index contributed by atoms with van der Waals surface area (Å²) in [5.41, 5.74) is 3.21. The van der Waals surface area contributed by atoms with Gasteiger partial charge in [0.1, 0.15) is 5.54 Å². The van der Waals surface area contributed by atoms with Crippen molar-refractivity contribution in [3.8, 4) is 0 Å². The standard InChI is InChI=1S/C16H20F2N2O4.ClH/c1-4-24-13(21)16(17,18)15(19)8-7-14(2,3)11-6-5-10(20(22)23)9-12(11)15;/h5-6,9H,4,7-8,19H2,1-3H3;1H/t15-;/m1./s1. The molecule has 1 aromatic rings. The van der Waals surface area contributed by atoms with Crippen molar-refractivity contribution in [2.75, 3.05) is 6.61 Å². The number of carbonyl (C=O) groups excluding carboxylic acids is 1. The third-order valence-electron chi connectivity index (χ3n) is 4.66. The minimum atomic E-state index is -4.00. The molecule has 0 spiro atoms. The van der Waals surface area contributed by atoms with E-state index in [1.807, 2.05) is 13.8 Å². The molecular weight excluding hydrogens is 358 g/mol. The number of carbonyl (C=O) groups is 1. The molecule has 6 nitrogen and oxygen atoms in total. The molecule has 1 aliphatic rings. The molecule has 2 rings (SSSR count). The van der Waals surface area contributed by atoms with Gasteiger partial charge in [-0.3, -0.25) is 10.1 Å². The Morgan fingerprint density at radius 2 is 1.96 bits per heavy atom. The van der Waals surface area contributed by atoms with Crippen LogP contribution < -0.4 is 5.73 Å². The first-order chi connectivity index (χ1) is 11.0. The van der Waals surface area contributed by atoms with E-state index in [2.05, 4.69) is 4.74 Å². The van der Waals surface area contributed by atoms with Crippen LogP contribution in [0.15, 0.2) is 18.2 Å². The lowest BCUT2D eigenvalue weighted by Crippen LogP contribution is -2.60. The van der Waals surface area contributed by atoms with Gasteiger partial charge < -0.3 is 10.5 Å². The zero-order chi connectivity index (χ0) is 18.3. The molecule has 0 saturated heterocycles. The van der Waals surface area contributed by atoms with Crippen LogP contribution in [0.4, 0.5) is 14.5 Å². The van der Waals surface area contributed by atoms with Crippen LogP contribution in [0.5, 0.6) is 0 Å². The molecule has 140 valence electrons. The number of nitrogens with zero attached hydrogens (tertiary/aromatic N) is 1. The molecule has 0 unspecified atom stereocenters. The lowest BCUT2D eigenvalue weighted by atomic mass is 9.63. The summed E-state index contributed by atoms with van der Waals surface area (Å²) in [5, 5.41) is 11.0. The summed E-state index contributed by atoms with van der Waals surface area (Å²) in [7, 11) is 0. The molecule has 1 atom stereocenters. The van der Waals surface area contributed by atoms with Crippen molar-refractivity contribution in [1.82, 2.24) is 0 Å². The molecule has 0 aliphatic heterocycles. The molecule has 0 heterocycles. The maximum absolute atomic E-state index is 14.8. The Labute approximate surface area is 150 Å². The van der Waals surface area contributed by atoms with Gasteiger partial charge in [-0.15, -0.1) is 12.4 Å². The summed E-state index contributed by atoms with van der Waals surface area (Å²) in [6.07, 6.45) is 0.114. The first-order valence-electron chi connectivity index (χ1n) is 7.60. The first kappa shape index (κ1) is 21.2. The van der Waals surface area contributed by atoms with E-state index in [4.69, 9.17) is 5.73 Å². The highest BCUT2D eigenvalue weighted by Crippen LogP contribution is 2.51. The number of ether oxygens (including phenoxy) is 1. The highest BCUT2D eigenvalue weighted by atomic mass is 35.5. The van der Waals surface area contributed by atoms with Gasteiger partial charge >= 0.3 is 11.9 Å². The molecule has 0 fully saturated rings. The third-order valence-corrected chi connectivity index (χ3v) is 4.66. The van der Waals surface area contributed by atoms with E-state index in [1.54, 1.807) is 0 Å². The smallest absolute Gasteiger partial charge is 0.379 e. The van der Waals surface area contributed by atoms with Crippen LogP contribution in [0.1, 0.15) is 44.7 Å². The Morgan fingerprint density at radius 1 is 1.36 bits per heavy atom. The van der Waals surface area contributed by atoms with E-state index >= 15 is 0 Å². The van der Waals surface area contributed by atoms with Crippen LogP contribution in [0.2, 0.25) is 0 Å². The van der Waals surface area contributed by atoms with Crippen LogP contribution in [-0.2, 0) is 20.5 Å². The second-order valence-corrected chi connectivity index (χ2v) is 6.64. The number of hydrogen-bond acceptors (Lipinski definition) is 5. The summed E-state index contributed by atoms with van der Waals surface area (Å²) in [5.74, 6) is -5.71. The van der Waals surface area contributed by atoms with Crippen LogP contribution in [-0.4, -0.2) is 23.4 Å². The Bertz CT molecular complexity index is 697. The number of rotatable bonds is 4. The summed E-state index contributed by atoms with van der Waals surface area (Å²) in [6, 6.07) is 3.74. The number of non-ortho nitro benzene ring substituents is 1. The monoisotopic (exact) mass is 378 g/mol. The minimum absolute atomic E-state index is 0. The van der Waals surface area contributed by atoms with E-state index in [0.717, 1.165) is 6.07 Å².